The average Bonchev–Trinajstić information content (AvgIpc) is 4.09. The molecule has 5 amide bonds. The van der Waals surface area contributed by atoms with Gasteiger partial charge in [0.2, 0.25) is 5.91 Å². The van der Waals surface area contributed by atoms with Gasteiger partial charge in [0.05, 0.1) is 17.9 Å². The Morgan fingerprint density at radius 2 is 1.14 bits per heavy atom. The van der Waals surface area contributed by atoms with Crippen molar-refractivity contribution >= 4 is 35.6 Å². The van der Waals surface area contributed by atoms with Gasteiger partial charge in [0.1, 0.15) is 35.2 Å². The number of ether oxygens (including phenoxy) is 2. The number of benzene rings is 4. The van der Waals surface area contributed by atoms with Gasteiger partial charge >= 0.3 is 12.2 Å². The number of nitrogens with zero attached hydrogens (tertiary/aromatic N) is 3. The number of amides is 5. The molecule has 4 N–H and O–H groups in total. The number of H-pyrrole nitrogens is 1. The van der Waals surface area contributed by atoms with E-state index < -0.39 is 41.5 Å². The fourth-order valence-corrected chi connectivity index (χ4v) is 8.06. The van der Waals surface area contributed by atoms with Crippen molar-refractivity contribution in [2.75, 3.05) is 18.4 Å². The van der Waals surface area contributed by atoms with Crippen molar-refractivity contribution in [1.82, 2.24) is 30.4 Å². The van der Waals surface area contributed by atoms with Crippen molar-refractivity contribution in [3.05, 3.63) is 143 Å². The second kappa shape index (κ2) is 20.2. The van der Waals surface area contributed by atoms with E-state index in [1.807, 2.05) is 72.8 Å². The van der Waals surface area contributed by atoms with Crippen LogP contribution in [0.3, 0.4) is 0 Å². The zero-order valence-electron chi connectivity index (χ0n) is 38.2. The lowest BCUT2D eigenvalue weighted by atomic mass is 10.0. The van der Waals surface area contributed by atoms with Crippen molar-refractivity contribution in [3.8, 4) is 23.1 Å². The van der Waals surface area contributed by atoms with Crippen LogP contribution in [-0.4, -0.2) is 80.0 Å². The molecule has 66 heavy (non-hydrogen) atoms. The van der Waals surface area contributed by atoms with Crippen LogP contribution >= 0.6 is 0 Å². The first-order valence-electron chi connectivity index (χ1n) is 22.3. The smallest absolute Gasteiger partial charge is 0.408 e. The van der Waals surface area contributed by atoms with E-state index in [4.69, 9.17) is 14.5 Å². The summed E-state index contributed by atoms with van der Waals surface area (Å²) in [4.78, 5) is 78.7. The molecule has 2 aliphatic heterocycles. The first-order chi connectivity index (χ1) is 31.5. The first-order valence-corrected chi connectivity index (χ1v) is 22.3. The molecule has 0 aliphatic carbocycles. The Morgan fingerprint density at radius 3 is 1.67 bits per heavy atom. The molecule has 4 atom stereocenters. The molecular weight excluding hydrogens is 835 g/mol. The number of rotatable bonds is 10. The number of aromatic nitrogens is 2. The summed E-state index contributed by atoms with van der Waals surface area (Å²) in [6.45, 7) is 11.5. The number of alkyl carbamates (subject to hydrolysis) is 2. The maximum atomic E-state index is 14.1. The van der Waals surface area contributed by atoms with Crippen molar-refractivity contribution in [2.24, 2.45) is 0 Å². The van der Waals surface area contributed by atoms with Crippen LogP contribution in [0.2, 0.25) is 0 Å². The van der Waals surface area contributed by atoms with Crippen LogP contribution in [0.1, 0.15) is 113 Å². The molecule has 342 valence electrons. The van der Waals surface area contributed by atoms with Crippen LogP contribution in [0, 0.1) is 11.8 Å². The van der Waals surface area contributed by atoms with Gasteiger partial charge in [-0.05, 0) is 120 Å². The Hall–Kier alpha value is -7.40. The number of hydrogen-bond acceptors (Lipinski definition) is 8. The van der Waals surface area contributed by atoms with E-state index in [0.717, 1.165) is 35.2 Å². The van der Waals surface area contributed by atoms with Gasteiger partial charge in [-0.25, -0.2) is 14.6 Å². The molecule has 7 rings (SSSR count). The van der Waals surface area contributed by atoms with Gasteiger partial charge in [0, 0.05) is 29.9 Å². The SMILES string of the molecule is CC(C)(C)OC(=O)N[C@@H](C(=O)N1CCC[C@H]1C(=O)Nc1ccc(C#Cc2ccc(-c3cnc([C@@H]4CCCN4C(=O)[C@H](NC(=O)OC(C)(C)C)c4ccccc4)[nH]3)cc2)cc1)c1ccccc1. The van der Waals surface area contributed by atoms with Gasteiger partial charge in [-0.3, -0.25) is 14.4 Å². The van der Waals surface area contributed by atoms with E-state index in [1.165, 1.54) is 4.90 Å². The highest BCUT2D eigenvalue weighted by atomic mass is 16.6. The van der Waals surface area contributed by atoms with Crippen molar-refractivity contribution in [2.45, 2.75) is 103 Å². The molecule has 14 nitrogen and oxygen atoms in total. The highest BCUT2D eigenvalue weighted by Gasteiger charge is 2.40. The molecule has 3 heterocycles. The summed E-state index contributed by atoms with van der Waals surface area (Å²) >= 11 is 0. The average molecular weight is 892 g/mol. The number of likely N-dealkylation sites (tertiary alicyclic amines) is 2. The number of hydrogen-bond donors (Lipinski definition) is 4. The Balaban J connectivity index is 0.960. The van der Waals surface area contributed by atoms with Gasteiger partial charge in [0.25, 0.3) is 11.8 Å². The van der Waals surface area contributed by atoms with Crippen LogP contribution in [0.15, 0.2) is 115 Å². The summed E-state index contributed by atoms with van der Waals surface area (Å²) in [6, 6.07) is 30.1. The van der Waals surface area contributed by atoms with Gasteiger partial charge in [0.15, 0.2) is 0 Å². The maximum Gasteiger partial charge on any atom is 0.408 e. The molecule has 14 heteroatoms. The van der Waals surface area contributed by atoms with Crippen LogP contribution in [0.25, 0.3) is 11.3 Å². The molecule has 2 aliphatic rings. The van der Waals surface area contributed by atoms with E-state index in [1.54, 1.807) is 89.0 Å². The van der Waals surface area contributed by atoms with Crippen molar-refractivity contribution < 1.29 is 33.4 Å². The van der Waals surface area contributed by atoms with Gasteiger partial charge < -0.3 is 40.2 Å². The Bertz CT molecular complexity index is 2570. The Morgan fingerprint density at radius 1 is 0.652 bits per heavy atom. The van der Waals surface area contributed by atoms with Gasteiger partial charge in [-0.2, -0.15) is 0 Å². The molecule has 1 aromatic heterocycles. The summed E-state index contributed by atoms with van der Waals surface area (Å²) in [7, 11) is 0. The third kappa shape index (κ3) is 12.0. The largest absolute Gasteiger partial charge is 0.444 e. The van der Waals surface area contributed by atoms with Crippen LogP contribution in [0.5, 0.6) is 0 Å². The number of imidazole rings is 1. The van der Waals surface area contributed by atoms with E-state index in [-0.39, 0.29) is 23.8 Å². The molecule has 0 unspecified atom stereocenters. The second-order valence-corrected chi connectivity index (χ2v) is 18.4. The fraction of sp³-hybridized carbons (Fsp3) is 0.346. The summed E-state index contributed by atoms with van der Waals surface area (Å²) < 4.78 is 11.0. The number of anilines is 1. The number of nitrogens with one attached hydrogen (secondary N) is 4. The Kier molecular flexibility index (Phi) is 14.3. The fourth-order valence-electron chi connectivity index (χ4n) is 8.06. The molecule has 4 aromatic carbocycles. The summed E-state index contributed by atoms with van der Waals surface area (Å²) in [5.74, 6) is 6.12. The molecule has 0 saturated carbocycles. The minimum atomic E-state index is -1.02. The minimum Gasteiger partial charge on any atom is -0.444 e. The van der Waals surface area contributed by atoms with Crippen molar-refractivity contribution in [1.29, 1.82) is 0 Å². The summed E-state index contributed by atoms with van der Waals surface area (Å²) in [5, 5.41) is 8.48. The molecule has 2 saturated heterocycles. The monoisotopic (exact) mass is 891 g/mol. The second-order valence-electron chi connectivity index (χ2n) is 18.4. The molecule has 2 fully saturated rings. The number of aromatic amines is 1. The normalized spacial score (nSPS) is 16.9. The minimum absolute atomic E-state index is 0.233. The lowest BCUT2D eigenvalue weighted by Crippen LogP contribution is -2.49. The zero-order chi connectivity index (χ0) is 47.0. The maximum absolute atomic E-state index is 14.1. The van der Waals surface area contributed by atoms with Gasteiger partial charge in [-0.15, -0.1) is 0 Å². The van der Waals surface area contributed by atoms with Crippen LogP contribution in [-0.2, 0) is 23.9 Å². The summed E-state index contributed by atoms with van der Waals surface area (Å²) in [6.07, 6.45) is 3.03. The molecule has 0 bridgehead atoms. The molecule has 5 aromatic rings. The zero-order valence-corrected chi connectivity index (χ0v) is 38.2. The summed E-state index contributed by atoms with van der Waals surface area (Å²) in [5.41, 5.74) is 3.60. The highest BCUT2D eigenvalue weighted by Crippen LogP contribution is 2.34. The van der Waals surface area contributed by atoms with E-state index >= 15 is 0 Å². The van der Waals surface area contributed by atoms with Crippen molar-refractivity contribution in [3.63, 3.8) is 0 Å². The molecular formula is C52H57N7O7. The quantitative estimate of drug-likeness (QED) is 0.101. The first kappa shape index (κ1) is 46.6. The van der Waals surface area contributed by atoms with Crippen LogP contribution in [0.4, 0.5) is 15.3 Å². The third-order valence-electron chi connectivity index (χ3n) is 11.1. The predicted molar refractivity (Wildman–Crippen MR) is 251 cm³/mol. The standard InChI is InChI=1S/C52H57N7O7/c1-51(2,3)65-49(63)56-43(37-15-9-7-10-16-37)47(61)58-31-13-19-41(58)45-53-33-40(55-45)36-27-23-34(24-28-36)21-22-35-25-29-39(30-26-35)54-46(60)42-20-14-32-59(42)48(62)44(38-17-11-8-12-18-38)57-50(64)66-52(4,5)6/h7-12,15-18,23-30,33,41-44H,13-14,19-20,31-32H2,1-6H3,(H,53,55)(H,54,60)(H,56,63)(H,57,64)/t41-,42-,43+,44+/m0/s1. The lowest BCUT2D eigenvalue weighted by Gasteiger charge is -2.29. The predicted octanol–water partition coefficient (Wildman–Crippen LogP) is 8.60. The molecule has 0 spiro atoms. The van der Waals surface area contributed by atoms with Gasteiger partial charge in [-0.1, -0.05) is 84.6 Å². The number of carbonyl (C=O) groups excluding carboxylic acids is 5. The molecule has 0 radical (unpaired) electrons. The van der Waals surface area contributed by atoms with E-state index in [0.29, 0.717) is 48.6 Å². The Labute approximate surface area is 385 Å². The third-order valence-corrected chi connectivity index (χ3v) is 11.1. The van der Waals surface area contributed by atoms with E-state index in [9.17, 15) is 24.0 Å². The number of carbonyl (C=O) groups is 5. The van der Waals surface area contributed by atoms with E-state index in [2.05, 4.69) is 32.8 Å². The topological polar surface area (TPSA) is 175 Å². The lowest BCUT2D eigenvalue weighted by molar-refractivity contribution is -0.138. The highest BCUT2D eigenvalue weighted by molar-refractivity contribution is 5.99. The van der Waals surface area contributed by atoms with Crippen LogP contribution < -0.4 is 16.0 Å².